The number of benzene rings is 2. The fourth-order valence-corrected chi connectivity index (χ4v) is 4.87. The van der Waals surface area contributed by atoms with Crippen LogP contribution in [0.2, 0.25) is 5.02 Å². The Balaban J connectivity index is 1.47. The number of piperazine rings is 1. The number of rotatable bonds is 8. The predicted molar refractivity (Wildman–Crippen MR) is 135 cm³/mol. The van der Waals surface area contributed by atoms with Crippen molar-refractivity contribution in [2.24, 2.45) is 0 Å². The maximum Gasteiger partial charge on any atom is 0.136 e. The van der Waals surface area contributed by atoms with Crippen LogP contribution in [0.15, 0.2) is 48.5 Å². The van der Waals surface area contributed by atoms with Gasteiger partial charge in [0.05, 0.1) is 6.10 Å². The Hall–Kier alpha value is -2.54. The van der Waals surface area contributed by atoms with Gasteiger partial charge in [-0.2, -0.15) is 0 Å². The van der Waals surface area contributed by atoms with Crippen molar-refractivity contribution in [3.8, 4) is 0 Å². The van der Waals surface area contributed by atoms with E-state index in [0.29, 0.717) is 30.0 Å². The summed E-state index contributed by atoms with van der Waals surface area (Å²) >= 11 is 6.35. The van der Waals surface area contributed by atoms with Crippen LogP contribution >= 0.6 is 11.6 Å². The molecule has 0 saturated carbocycles. The smallest absolute Gasteiger partial charge is 0.136 e. The van der Waals surface area contributed by atoms with Crippen molar-refractivity contribution in [1.29, 1.82) is 0 Å². The average Bonchev–Trinajstić information content (AvgIpc) is 2.83. The van der Waals surface area contributed by atoms with Crippen molar-refractivity contribution in [3.05, 3.63) is 87.6 Å². The monoisotopic (exact) mass is 482 g/mol. The van der Waals surface area contributed by atoms with E-state index in [4.69, 9.17) is 16.6 Å². The Kier molecular flexibility index (Phi) is 8.14. The highest BCUT2D eigenvalue weighted by atomic mass is 35.5. The number of aliphatic hydroxyl groups excluding tert-OH is 1. The zero-order valence-corrected chi connectivity index (χ0v) is 20.6. The molecule has 0 aliphatic carbocycles. The third kappa shape index (κ3) is 5.93. The van der Waals surface area contributed by atoms with Crippen molar-refractivity contribution in [3.63, 3.8) is 0 Å². The molecule has 1 saturated heterocycles. The summed E-state index contributed by atoms with van der Waals surface area (Å²) in [7, 11) is 0. The average molecular weight is 483 g/mol. The van der Waals surface area contributed by atoms with Gasteiger partial charge < -0.3 is 10.0 Å². The SMILES string of the molecule is CCc1nc(C)nc(N2CCN(C[C@@H](O)Cc3ccccc3)CC2)c1Cc1c(F)cccc1Cl. The second-order valence-electron chi connectivity index (χ2n) is 8.88. The summed E-state index contributed by atoms with van der Waals surface area (Å²) in [6.07, 6.45) is 1.35. The molecule has 2 heterocycles. The molecule has 1 N–H and O–H groups in total. The van der Waals surface area contributed by atoms with Crippen molar-refractivity contribution >= 4 is 17.4 Å². The fraction of sp³-hybridized carbons (Fsp3) is 0.407. The van der Waals surface area contributed by atoms with Gasteiger partial charge in [0.2, 0.25) is 0 Å². The molecule has 1 aliphatic heterocycles. The summed E-state index contributed by atoms with van der Waals surface area (Å²) in [5.74, 6) is 1.28. The second-order valence-corrected chi connectivity index (χ2v) is 9.29. The summed E-state index contributed by atoms with van der Waals surface area (Å²) < 4.78 is 14.6. The Labute approximate surface area is 206 Å². The first kappa shape index (κ1) is 24.6. The molecule has 0 unspecified atom stereocenters. The molecule has 7 heteroatoms. The summed E-state index contributed by atoms with van der Waals surface area (Å²) in [5, 5.41) is 11.0. The van der Waals surface area contributed by atoms with E-state index < -0.39 is 6.10 Å². The van der Waals surface area contributed by atoms with Gasteiger partial charge in [0.1, 0.15) is 17.5 Å². The number of β-amino-alcohol motifs (C(OH)–C–C–N with tert-alkyl or cyclic N) is 1. The molecule has 1 aliphatic rings. The Morgan fingerprint density at radius 1 is 1.00 bits per heavy atom. The van der Waals surface area contributed by atoms with Crippen LogP contribution in [-0.4, -0.2) is 58.8 Å². The van der Waals surface area contributed by atoms with E-state index in [0.717, 1.165) is 61.1 Å². The van der Waals surface area contributed by atoms with Gasteiger partial charge in [0.15, 0.2) is 0 Å². The number of aromatic nitrogens is 2. The lowest BCUT2D eigenvalue weighted by molar-refractivity contribution is 0.109. The fourth-order valence-electron chi connectivity index (χ4n) is 4.64. The molecule has 4 rings (SSSR count). The summed E-state index contributed by atoms with van der Waals surface area (Å²) in [6.45, 7) is 7.84. The molecule has 180 valence electrons. The van der Waals surface area contributed by atoms with Crippen LogP contribution in [0, 0.1) is 12.7 Å². The molecule has 0 amide bonds. The van der Waals surface area contributed by atoms with Gasteiger partial charge in [-0.3, -0.25) is 4.90 Å². The van der Waals surface area contributed by atoms with Crippen molar-refractivity contribution < 1.29 is 9.50 Å². The topological polar surface area (TPSA) is 52.5 Å². The second kappa shape index (κ2) is 11.3. The quantitative estimate of drug-likeness (QED) is 0.514. The molecular weight excluding hydrogens is 451 g/mol. The van der Waals surface area contributed by atoms with E-state index in [-0.39, 0.29) is 5.82 Å². The van der Waals surface area contributed by atoms with E-state index in [1.54, 1.807) is 12.1 Å². The lowest BCUT2D eigenvalue weighted by Gasteiger charge is -2.37. The first-order valence-corrected chi connectivity index (χ1v) is 12.3. The van der Waals surface area contributed by atoms with E-state index in [1.807, 2.05) is 37.3 Å². The number of hydrogen-bond acceptors (Lipinski definition) is 5. The predicted octanol–water partition coefficient (Wildman–Crippen LogP) is 4.46. The van der Waals surface area contributed by atoms with E-state index >= 15 is 0 Å². The molecule has 34 heavy (non-hydrogen) atoms. The highest BCUT2D eigenvalue weighted by molar-refractivity contribution is 6.31. The van der Waals surface area contributed by atoms with Crippen LogP contribution < -0.4 is 4.90 Å². The number of hydrogen-bond donors (Lipinski definition) is 1. The normalized spacial score (nSPS) is 15.5. The largest absolute Gasteiger partial charge is 0.391 e. The Morgan fingerprint density at radius 3 is 2.41 bits per heavy atom. The van der Waals surface area contributed by atoms with E-state index in [1.165, 1.54) is 6.07 Å². The Morgan fingerprint density at radius 2 is 1.74 bits per heavy atom. The minimum atomic E-state index is -0.402. The van der Waals surface area contributed by atoms with Crippen LogP contribution in [0.4, 0.5) is 10.2 Å². The lowest BCUT2D eigenvalue weighted by Crippen LogP contribution is -2.49. The van der Waals surface area contributed by atoms with Gasteiger partial charge in [-0.25, -0.2) is 14.4 Å². The summed E-state index contributed by atoms with van der Waals surface area (Å²) in [5.41, 5.74) is 3.50. The van der Waals surface area contributed by atoms with Gasteiger partial charge in [-0.05, 0) is 37.5 Å². The first-order chi connectivity index (χ1) is 16.4. The van der Waals surface area contributed by atoms with E-state index in [2.05, 4.69) is 21.7 Å². The summed E-state index contributed by atoms with van der Waals surface area (Å²) in [4.78, 5) is 14.0. The number of anilines is 1. The standard InChI is InChI=1S/C27H32ClFN4O/c1-3-26-23(17-22-24(28)10-7-11-25(22)29)27(31-19(2)30-26)33-14-12-32(13-15-33)18-21(34)16-20-8-5-4-6-9-20/h4-11,21,34H,3,12-18H2,1-2H3/t21-/m0/s1. The molecular formula is C27H32ClFN4O. The third-order valence-electron chi connectivity index (χ3n) is 6.39. The zero-order chi connectivity index (χ0) is 24.1. The van der Waals surface area contributed by atoms with Crippen LogP contribution in [0.25, 0.3) is 0 Å². The van der Waals surface area contributed by atoms with E-state index in [9.17, 15) is 9.50 Å². The molecule has 2 aromatic carbocycles. The highest BCUT2D eigenvalue weighted by Gasteiger charge is 2.25. The number of aliphatic hydroxyl groups is 1. The van der Waals surface area contributed by atoms with Crippen LogP contribution in [-0.2, 0) is 19.3 Å². The first-order valence-electron chi connectivity index (χ1n) is 11.9. The Bertz CT molecular complexity index is 1080. The maximum atomic E-state index is 14.6. The molecule has 1 aromatic heterocycles. The number of nitrogens with zero attached hydrogens (tertiary/aromatic N) is 4. The third-order valence-corrected chi connectivity index (χ3v) is 6.74. The molecule has 0 spiro atoms. The van der Waals surface area contributed by atoms with Gasteiger partial charge >= 0.3 is 0 Å². The minimum Gasteiger partial charge on any atom is -0.391 e. The van der Waals surface area contributed by atoms with Gasteiger partial charge in [0, 0.05) is 61.0 Å². The maximum absolute atomic E-state index is 14.6. The van der Waals surface area contributed by atoms with Crippen LogP contribution in [0.1, 0.15) is 35.1 Å². The molecule has 0 bridgehead atoms. The van der Waals surface area contributed by atoms with Gasteiger partial charge in [-0.15, -0.1) is 0 Å². The van der Waals surface area contributed by atoms with Crippen molar-refractivity contribution in [1.82, 2.24) is 14.9 Å². The number of aryl methyl sites for hydroxylation is 2. The zero-order valence-electron chi connectivity index (χ0n) is 19.8. The molecule has 1 atom stereocenters. The summed E-state index contributed by atoms with van der Waals surface area (Å²) in [6, 6.07) is 14.9. The molecule has 0 radical (unpaired) electrons. The number of halogens is 2. The highest BCUT2D eigenvalue weighted by Crippen LogP contribution is 2.29. The van der Waals surface area contributed by atoms with Crippen molar-refractivity contribution in [2.45, 2.75) is 39.2 Å². The molecule has 5 nitrogen and oxygen atoms in total. The van der Waals surface area contributed by atoms with Crippen LogP contribution in [0.5, 0.6) is 0 Å². The minimum absolute atomic E-state index is 0.307. The van der Waals surface area contributed by atoms with Crippen molar-refractivity contribution in [2.75, 3.05) is 37.6 Å². The van der Waals surface area contributed by atoms with Crippen LogP contribution in [0.3, 0.4) is 0 Å². The molecule has 3 aromatic rings. The lowest BCUT2D eigenvalue weighted by atomic mass is 10.0. The van der Waals surface area contributed by atoms with Gasteiger partial charge in [0.25, 0.3) is 0 Å². The van der Waals surface area contributed by atoms with Gasteiger partial charge in [-0.1, -0.05) is 54.9 Å². The molecule has 1 fully saturated rings.